The van der Waals surface area contributed by atoms with Gasteiger partial charge >= 0.3 is 0 Å². The van der Waals surface area contributed by atoms with Crippen LogP contribution in [-0.4, -0.2) is 18.6 Å². The molecule has 82 valence electrons. The summed E-state index contributed by atoms with van der Waals surface area (Å²) < 4.78 is 5.34. The summed E-state index contributed by atoms with van der Waals surface area (Å²) in [4.78, 5) is 0. The van der Waals surface area contributed by atoms with E-state index in [1.807, 2.05) is 6.07 Å². The van der Waals surface area contributed by atoms with Crippen LogP contribution in [0.15, 0.2) is 30.3 Å². The summed E-state index contributed by atoms with van der Waals surface area (Å²) in [6.07, 6.45) is 3.20. The van der Waals surface area contributed by atoms with Gasteiger partial charge in [-0.1, -0.05) is 30.3 Å². The average Bonchev–Trinajstić information content (AvgIpc) is 2.31. The number of alkyl halides is 1. The highest BCUT2D eigenvalue weighted by Crippen LogP contribution is 2.25. The lowest BCUT2D eigenvalue weighted by Gasteiger charge is -2.26. The van der Waals surface area contributed by atoms with Gasteiger partial charge in [-0.2, -0.15) is 0 Å². The van der Waals surface area contributed by atoms with E-state index in [1.54, 1.807) is 0 Å². The molecule has 0 saturated carbocycles. The smallest absolute Gasteiger partial charge is 0.0469 e. The van der Waals surface area contributed by atoms with Gasteiger partial charge in [-0.05, 0) is 30.7 Å². The van der Waals surface area contributed by atoms with Gasteiger partial charge in [0.1, 0.15) is 0 Å². The average molecular weight is 225 g/mol. The number of hydrogen-bond acceptors (Lipinski definition) is 1. The number of ether oxygens (including phenoxy) is 1. The van der Waals surface area contributed by atoms with Crippen LogP contribution < -0.4 is 0 Å². The monoisotopic (exact) mass is 224 g/mol. The summed E-state index contributed by atoms with van der Waals surface area (Å²) in [5, 5.41) is 0.260. The largest absolute Gasteiger partial charge is 0.381 e. The van der Waals surface area contributed by atoms with Crippen LogP contribution in [0.5, 0.6) is 0 Å². The Kier molecular flexibility index (Phi) is 4.04. The van der Waals surface area contributed by atoms with Crippen LogP contribution in [0.3, 0.4) is 0 Å². The van der Waals surface area contributed by atoms with E-state index >= 15 is 0 Å². The molecule has 15 heavy (non-hydrogen) atoms. The molecule has 1 saturated heterocycles. The van der Waals surface area contributed by atoms with Crippen molar-refractivity contribution in [2.45, 2.75) is 24.6 Å². The second-order valence-electron chi connectivity index (χ2n) is 4.16. The van der Waals surface area contributed by atoms with Crippen molar-refractivity contribution < 1.29 is 4.74 Å². The van der Waals surface area contributed by atoms with Crippen LogP contribution in [0.25, 0.3) is 0 Å². The highest BCUT2D eigenvalue weighted by atomic mass is 35.5. The van der Waals surface area contributed by atoms with Gasteiger partial charge < -0.3 is 4.74 Å². The predicted octanol–water partition coefficient (Wildman–Crippen LogP) is 3.26. The summed E-state index contributed by atoms with van der Waals surface area (Å²) in [5.74, 6) is 0.626. The van der Waals surface area contributed by atoms with Crippen molar-refractivity contribution in [3.05, 3.63) is 35.9 Å². The van der Waals surface area contributed by atoms with Crippen molar-refractivity contribution in [3.8, 4) is 0 Å². The summed E-state index contributed by atoms with van der Waals surface area (Å²) in [7, 11) is 0. The molecule has 0 N–H and O–H groups in total. The maximum absolute atomic E-state index is 6.44. The van der Waals surface area contributed by atoms with Gasteiger partial charge in [-0.3, -0.25) is 0 Å². The Hall–Kier alpha value is -0.530. The third-order valence-electron chi connectivity index (χ3n) is 3.05. The fourth-order valence-electron chi connectivity index (χ4n) is 2.08. The summed E-state index contributed by atoms with van der Waals surface area (Å²) in [5.41, 5.74) is 1.34. The van der Waals surface area contributed by atoms with Gasteiger partial charge in [0, 0.05) is 18.6 Å². The van der Waals surface area contributed by atoms with Crippen molar-refractivity contribution in [2.24, 2.45) is 5.92 Å². The molecule has 1 atom stereocenters. The zero-order chi connectivity index (χ0) is 10.5. The van der Waals surface area contributed by atoms with E-state index in [2.05, 4.69) is 24.3 Å². The minimum absolute atomic E-state index is 0.260. The van der Waals surface area contributed by atoms with Crippen LogP contribution in [0.4, 0.5) is 0 Å². The minimum Gasteiger partial charge on any atom is -0.381 e. The Bertz CT molecular complexity index is 280. The molecule has 0 radical (unpaired) electrons. The van der Waals surface area contributed by atoms with E-state index in [-0.39, 0.29) is 5.38 Å². The molecule has 1 aliphatic rings. The summed E-state index contributed by atoms with van der Waals surface area (Å²) in [6.45, 7) is 1.76. The van der Waals surface area contributed by atoms with Crippen LogP contribution >= 0.6 is 11.6 Å². The fourth-order valence-corrected chi connectivity index (χ4v) is 2.51. The molecule has 0 bridgehead atoms. The van der Waals surface area contributed by atoms with E-state index in [1.165, 1.54) is 5.56 Å². The zero-order valence-corrected chi connectivity index (χ0v) is 9.62. The summed E-state index contributed by atoms with van der Waals surface area (Å²) >= 11 is 6.44. The summed E-state index contributed by atoms with van der Waals surface area (Å²) in [6, 6.07) is 10.5. The quantitative estimate of drug-likeness (QED) is 0.717. The third-order valence-corrected chi connectivity index (χ3v) is 3.56. The Labute approximate surface area is 96.4 Å². The Morgan fingerprint density at radius 1 is 1.20 bits per heavy atom. The molecule has 2 heteroatoms. The van der Waals surface area contributed by atoms with Gasteiger partial charge in [-0.25, -0.2) is 0 Å². The maximum Gasteiger partial charge on any atom is 0.0469 e. The first kappa shape index (κ1) is 11.0. The Balaban J connectivity index is 1.88. The van der Waals surface area contributed by atoms with Crippen molar-refractivity contribution in [1.82, 2.24) is 0 Å². The van der Waals surface area contributed by atoms with E-state index in [0.717, 1.165) is 32.5 Å². The number of benzene rings is 1. The second kappa shape index (κ2) is 5.53. The van der Waals surface area contributed by atoms with E-state index < -0.39 is 0 Å². The number of halogens is 1. The van der Waals surface area contributed by atoms with Crippen molar-refractivity contribution in [2.75, 3.05) is 13.2 Å². The molecule has 1 fully saturated rings. The first-order valence-corrected chi connectivity index (χ1v) is 6.05. The molecule has 0 aliphatic carbocycles. The number of rotatable bonds is 3. The minimum atomic E-state index is 0.260. The Morgan fingerprint density at radius 2 is 1.87 bits per heavy atom. The number of hydrogen-bond donors (Lipinski definition) is 0. The van der Waals surface area contributed by atoms with Crippen LogP contribution in [-0.2, 0) is 11.2 Å². The molecule has 1 heterocycles. The predicted molar refractivity (Wildman–Crippen MR) is 63.3 cm³/mol. The van der Waals surface area contributed by atoms with Gasteiger partial charge in [0.15, 0.2) is 0 Å². The van der Waals surface area contributed by atoms with Crippen LogP contribution in [0, 0.1) is 5.92 Å². The maximum atomic E-state index is 6.44. The highest BCUT2D eigenvalue weighted by molar-refractivity contribution is 6.20. The molecule has 0 amide bonds. The lowest BCUT2D eigenvalue weighted by molar-refractivity contribution is 0.0651. The van der Waals surface area contributed by atoms with Gasteiger partial charge in [0.2, 0.25) is 0 Å². The van der Waals surface area contributed by atoms with E-state index in [9.17, 15) is 0 Å². The second-order valence-corrected chi connectivity index (χ2v) is 4.72. The molecule has 1 unspecified atom stereocenters. The fraction of sp³-hybridized carbons (Fsp3) is 0.538. The van der Waals surface area contributed by atoms with Crippen molar-refractivity contribution in [3.63, 3.8) is 0 Å². The highest BCUT2D eigenvalue weighted by Gasteiger charge is 2.22. The Morgan fingerprint density at radius 3 is 2.53 bits per heavy atom. The third kappa shape index (κ3) is 3.22. The molecular formula is C13H17ClO. The van der Waals surface area contributed by atoms with Gasteiger partial charge in [-0.15, -0.1) is 11.6 Å². The molecule has 0 aromatic heterocycles. The van der Waals surface area contributed by atoms with Crippen molar-refractivity contribution in [1.29, 1.82) is 0 Å². The molecule has 1 nitrogen and oxygen atoms in total. The first-order chi connectivity index (χ1) is 7.36. The van der Waals surface area contributed by atoms with Crippen LogP contribution in [0.2, 0.25) is 0 Å². The zero-order valence-electron chi connectivity index (χ0n) is 8.86. The molecule has 0 spiro atoms. The topological polar surface area (TPSA) is 9.23 Å². The first-order valence-electron chi connectivity index (χ1n) is 5.62. The molecule has 1 aliphatic heterocycles. The normalized spacial score (nSPS) is 20.1. The van der Waals surface area contributed by atoms with Gasteiger partial charge in [0.05, 0.1) is 0 Å². The SMILES string of the molecule is ClC(Cc1ccccc1)C1CCOCC1. The van der Waals surface area contributed by atoms with Crippen molar-refractivity contribution >= 4 is 11.6 Å². The standard InChI is InChI=1S/C13H17ClO/c14-13(12-6-8-15-9-7-12)10-11-4-2-1-3-5-11/h1-5,12-13H,6-10H2. The molecule has 1 aromatic rings. The molecular weight excluding hydrogens is 208 g/mol. The van der Waals surface area contributed by atoms with Crippen LogP contribution in [0.1, 0.15) is 18.4 Å². The lowest BCUT2D eigenvalue weighted by atomic mass is 9.92. The molecule has 2 rings (SSSR count). The molecule has 1 aromatic carbocycles. The lowest BCUT2D eigenvalue weighted by Crippen LogP contribution is -2.25. The van der Waals surface area contributed by atoms with E-state index in [0.29, 0.717) is 5.92 Å². The van der Waals surface area contributed by atoms with Gasteiger partial charge in [0.25, 0.3) is 0 Å². The van der Waals surface area contributed by atoms with E-state index in [4.69, 9.17) is 16.3 Å².